The second-order valence-electron chi connectivity index (χ2n) is 8.16. The van der Waals surface area contributed by atoms with Crippen molar-refractivity contribution in [2.24, 2.45) is 5.92 Å². The fraction of sp³-hybridized carbons (Fsp3) is 0.273. The van der Waals surface area contributed by atoms with Crippen LogP contribution in [0.3, 0.4) is 0 Å². The van der Waals surface area contributed by atoms with Crippen molar-refractivity contribution >= 4 is 20.9 Å². The highest BCUT2D eigenvalue weighted by molar-refractivity contribution is 7.89. The fourth-order valence-corrected chi connectivity index (χ4v) is 6.25. The summed E-state index contributed by atoms with van der Waals surface area (Å²) in [5, 5.41) is 12.2. The van der Waals surface area contributed by atoms with Crippen LogP contribution in [0.1, 0.15) is 13.3 Å². The Morgan fingerprint density at radius 2 is 2.00 bits per heavy atom. The number of hydrogen-bond donors (Lipinski definition) is 1. The predicted molar refractivity (Wildman–Crippen MR) is 115 cm³/mol. The average molecular weight is 458 g/mol. The first-order valence-corrected chi connectivity index (χ1v) is 11.7. The molecule has 1 N–H and O–H groups in total. The normalized spacial score (nSPS) is 19.7. The Labute approximate surface area is 183 Å². The molecule has 0 unspecified atom stereocenters. The van der Waals surface area contributed by atoms with Gasteiger partial charge >= 0.3 is 0 Å². The molecule has 0 bridgehead atoms. The lowest BCUT2D eigenvalue weighted by molar-refractivity contribution is 0.391. The Morgan fingerprint density at radius 1 is 1.16 bits per heavy atom. The molecule has 166 valence electrons. The van der Waals surface area contributed by atoms with Crippen LogP contribution in [0.25, 0.3) is 22.0 Å². The van der Waals surface area contributed by atoms with Gasteiger partial charge < -0.3 is 0 Å². The van der Waals surface area contributed by atoms with Crippen LogP contribution in [-0.2, 0) is 16.6 Å². The molecule has 2 aromatic heterocycles. The van der Waals surface area contributed by atoms with Crippen molar-refractivity contribution in [3.05, 3.63) is 66.6 Å². The standard InChI is InChI=1S/C22H21F2N5O2S/c1-14-7-15(13-29(14)32(30,31)21-4-2-3-19(23)22(21)24)12-28-20-6-5-16(8-17(20)11-27-28)18-9-25-26-10-18/h2-6,8-11,14-15H,7,12-13H2,1H3,(H,25,26)/t14-,15-/m0/s1. The second kappa shape index (κ2) is 7.79. The number of benzene rings is 2. The smallest absolute Gasteiger partial charge is 0.246 e. The predicted octanol–water partition coefficient (Wildman–Crippen LogP) is 3.80. The first kappa shape index (κ1) is 20.8. The van der Waals surface area contributed by atoms with Gasteiger partial charge in [0.15, 0.2) is 11.6 Å². The van der Waals surface area contributed by atoms with Gasteiger partial charge in [-0.2, -0.15) is 14.5 Å². The zero-order chi connectivity index (χ0) is 22.5. The van der Waals surface area contributed by atoms with E-state index in [1.165, 1.54) is 10.4 Å². The van der Waals surface area contributed by atoms with Gasteiger partial charge in [-0.15, -0.1) is 0 Å². The molecule has 10 heteroatoms. The highest BCUT2D eigenvalue weighted by Gasteiger charge is 2.39. The van der Waals surface area contributed by atoms with Crippen LogP contribution in [0.15, 0.2) is 59.9 Å². The summed E-state index contributed by atoms with van der Waals surface area (Å²) in [5.74, 6) is -2.52. The Kier molecular flexibility index (Phi) is 5.06. The number of hydrogen-bond acceptors (Lipinski definition) is 4. The second-order valence-corrected chi connectivity index (χ2v) is 10.0. The molecule has 3 heterocycles. The highest BCUT2D eigenvalue weighted by Crippen LogP contribution is 2.32. The van der Waals surface area contributed by atoms with E-state index in [4.69, 9.17) is 0 Å². The molecule has 32 heavy (non-hydrogen) atoms. The molecule has 5 rings (SSSR count). The third kappa shape index (κ3) is 3.49. The minimum Gasteiger partial charge on any atom is -0.285 e. The zero-order valence-corrected chi connectivity index (χ0v) is 18.1. The maximum absolute atomic E-state index is 14.2. The lowest BCUT2D eigenvalue weighted by Gasteiger charge is -2.21. The van der Waals surface area contributed by atoms with Gasteiger partial charge in [0, 0.05) is 36.3 Å². The largest absolute Gasteiger partial charge is 0.285 e. The van der Waals surface area contributed by atoms with Crippen molar-refractivity contribution in [2.45, 2.75) is 30.8 Å². The van der Waals surface area contributed by atoms with E-state index in [0.29, 0.717) is 13.0 Å². The van der Waals surface area contributed by atoms with Crippen LogP contribution in [0.5, 0.6) is 0 Å². The summed E-state index contributed by atoms with van der Waals surface area (Å²) >= 11 is 0. The average Bonchev–Trinajstić information content (AvgIpc) is 3.50. The van der Waals surface area contributed by atoms with Crippen molar-refractivity contribution < 1.29 is 17.2 Å². The summed E-state index contributed by atoms with van der Waals surface area (Å²) in [5.41, 5.74) is 2.95. The summed E-state index contributed by atoms with van der Waals surface area (Å²) in [6.45, 7) is 2.53. The van der Waals surface area contributed by atoms with Gasteiger partial charge in [-0.25, -0.2) is 17.2 Å². The number of aromatic amines is 1. The number of aromatic nitrogens is 4. The van der Waals surface area contributed by atoms with Crippen LogP contribution in [-0.4, -0.2) is 45.3 Å². The quantitative estimate of drug-likeness (QED) is 0.494. The summed E-state index contributed by atoms with van der Waals surface area (Å²) in [7, 11) is -4.15. The molecular weight excluding hydrogens is 436 g/mol. The summed E-state index contributed by atoms with van der Waals surface area (Å²) in [6, 6.07) is 8.90. The molecule has 1 aliphatic rings. The molecule has 0 spiro atoms. The molecule has 2 aromatic carbocycles. The Morgan fingerprint density at radius 3 is 2.78 bits per heavy atom. The molecular formula is C22H21F2N5O2S. The summed E-state index contributed by atoms with van der Waals surface area (Å²) in [6.07, 6.45) is 5.96. The van der Waals surface area contributed by atoms with Crippen LogP contribution < -0.4 is 0 Å². The first-order chi connectivity index (χ1) is 15.3. The highest BCUT2D eigenvalue weighted by atomic mass is 32.2. The molecule has 1 aliphatic heterocycles. The summed E-state index contributed by atoms with van der Waals surface area (Å²) < 4.78 is 57.0. The number of fused-ring (bicyclic) bond motifs is 1. The third-order valence-electron chi connectivity index (χ3n) is 6.01. The zero-order valence-electron chi connectivity index (χ0n) is 17.2. The molecule has 1 fully saturated rings. The molecule has 2 atom stereocenters. The van der Waals surface area contributed by atoms with E-state index in [-0.39, 0.29) is 18.5 Å². The number of H-pyrrole nitrogens is 1. The molecule has 0 aliphatic carbocycles. The Bertz CT molecular complexity index is 1380. The van der Waals surface area contributed by atoms with Crippen molar-refractivity contribution in [3.8, 4) is 11.1 Å². The topological polar surface area (TPSA) is 83.9 Å². The van der Waals surface area contributed by atoms with E-state index in [1.54, 1.807) is 19.3 Å². The van der Waals surface area contributed by atoms with Crippen molar-refractivity contribution in [1.82, 2.24) is 24.3 Å². The lowest BCUT2D eigenvalue weighted by atomic mass is 10.1. The molecule has 1 saturated heterocycles. The van der Waals surface area contributed by atoms with E-state index in [2.05, 4.69) is 15.3 Å². The van der Waals surface area contributed by atoms with Gasteiger partial charge in [0.05, 0.1) is 17.9 Å². The lowest BCUT2D eigenvalue weighted by Crippen LogP contribution is -2.35. The van der Waals surface area contributed by atoms with E-state index < -0.39 is 26.6 Å². The number of halogens is 2. The maximum atomic E-state index is 14.2. The van der Waals surface area contributed by atoms with Crippen molar-refractivity contribution in [3.63, 3.8) is 0 Å². The van der Waals surface area contributed by atoms with Crippen LogP contribution in [0.2, 0.25) is 0 Å². The van der Waals surface area contributed by atoms with Gasteiger partial charge in [-0.05, 0) is 49.1 Å². The SMILES string of the molecule is C[C@H]1C[C@@H](Cn2ncc3cc(-c4cn[nH]c4)ccc32)CN1S(=O)(=O)c1cccc(F)c1F. The number of nitrogens with zero attached hydrogens (tertiary/aromatic N) is 4. The van der Waals surface area contributed by atoms with Crippen LogP contribution in [0.4, 0.5) is 8.78 Å². The van der Waals surface area contributed by atoms with Gasteiger partial charge in [0.1, 0.15) is 4.90 Å². The van der Waals surface area contributed by atoms with E-state index in [0.717, 1.165) is 34.2 Å². The van der Waals surface area contributed by atoms with Crippen LogP contribution >= 0.6 is 0 Å². The number of nitrogens with one attached hydrogen (secondary N) is 1. The third-order valence-corrected chi connectivity index (χ3v) is 8.01. The van der Waals surface area contributed by atoms with Gasteiger partial charge in [-0.3, -0.25) is 9.78 Å². The fourth-order valence-electron chi connectivity index (χ4n) is 4.45. The van der Waals surface area contributed by atoms with E-state index in [1.807, 2.05) is 29.1 Å². The molecule has 0 saturated carbocycles. The van der Waals surface area contributed by atoms with Gasteiger partial charge in [0.25, 0.3) is 0 Å². The molecule has 0 amide bonds. The number of sulfonamides is 1. The molecule has 0 radical (unpaired) electrons. The van der Waals surface area contributed by atoms with Crippen LogP contribution in [0, 0.1) is 17.6 Å². The minimum absolute atomic E-state index is 0.00644. The van der Waals surface area contributed by atoms with Gasteiger partial charge in [-0.1, -0.05) is 12.1 Å². The van der Waals surface area contributed by atoms with Crippen molar-refractivity contribution in [1.29, 1.82) is 0 Å². The van der Waals surface area contributed by atoms with E-state index in [9.17, 15) is 17.2 Å². The Balaban J connectivity index is 1.37. The van der Waals surface area contributed by atoms with E-state index >= 15 is 0 Å². The Hall–Kier alpha value is -3.11. The summed E-state index contributed by atoms with van der Waals surface area (Å²) in [4.78, 5) is -0.624. The maximum Gasteiger partial charge on any atom is 0.246 e. The molecule has 7 nitrogen and oxygen atoms in total. The van der Waals surface area contributed by atoms with Crippen molar-refractivity contribution in [2.75, 3.05) is 6.54 Å². The molecule has 4 aromatic rings. The minimum atomic E-state index is -4.15. The first-order valence-electron chi connectivity index (χ1n) is 10.2. The monoisotopic (exact) mass is 457 g/mol. The van der Waals surface area contributed by atoms with Gasteiger partial charge in [0.2, 0.25) is 10.0 Å². The number of rotatable bonds is 5.